The molecule has 2 heteroatoms. The van der Waals surface area contributed by atoms with Crippen molar-refractivity contribution in [2.75, 3.05) is 0 Å². The highest BCUT2D eigenvalue weighted by molar-refractivity contribution is 5.39. The molecular formula is C22H24F2. The van der Waals surface area contributed by atoms with Crippen molar-refractivity contribution in [3.05, 3.63) is 70.8 Å². The summed E-state index contributed by atoms with van der Waals surface area (Å²) in [5, 5.41) is 0. The van der Waals surface area contributed by atoms with E-state index in [2.05, 4.69) is 55.5 Å². The van der Waals surface area contributed by atoms with E-state index < -0.39 is 5.92 Å². The summed E-state index contributed by atoms with van der Waals surface area (Å²) in [6, 6.07) is 17.3. The van der Waals surface area contributed by atoms with Gasteiger partial charge in [-0.15, -0.1) is 0 Å². The zero-order chi connectivity index (χ0) is 16.8. The Labute approximate surface area is 142 Å². The predicted octanol–water partition coefficient (Wildman–Crippen LogP) is 5.92. The van der Waals surface area contributed by atoms with Gasteiger partial charge in [-0.05, 0) is 59.3 Å². The average molecular weight is 326 g/mol. The lowest BCUT2D eigenvalue weighted by Gasteiger charge is -2.28. The summed E-state index contributed by atoms with van der Waals surface area (Å²) in [6.07, 6.45) is 3.71. The third-order valence-electron chi connectivity index (χ3n) is 6.14. The fraction of sp³-hybridized carbons (Fsp3) is 0.455. The molecule has 2 aliphatic rings. The molecule has 0 saturated heterocycles. The van der Waals surface area contributed by atoms with Crippen molar-refractivity contribution in [2.45, 2.75) is 56.8 Å². The molecule has 2 aliphatic carbocycles. The summed E-state index contributed by atoms with van der Waals surface area (Å²) in [7, 11) is 0. The molecule has 2 atom stereocenters. The number of benzene rings is 2. The van der Waals surface area contributed by atoms with Gasteiger partial charge in [0.25, 0.3) is 0 Å². The first kappa shape index (κ1) is 15.8. The number of aryl methyl sites for hydroxylation is 1. The van der Waals surface area contributed by atoms with Gasteiger partial charge in [0, 0.05) is 12.8 Å². The zero-order valence-electron chi connectivity index (χ0n) is 14.2. The predicted molar refractivity (Wildman–Crippen MR) is 93.7 cm³/mol. The molecule has 0 spiro atoms. The largest absolute Gasteiger partial charge is 0.248 e. The van der Waals surface area contributed by atoms with Crippen LogP contribution in [0.15, 0.2) is 48.5 Å². The first-order valence-corrected chi connectivity index (χ1v) is 9.06. The summed E-state index contributed by atoms with van der Waals surface area (Å²) >= 11 is 0. The van der Waals surface area contributed by atoms with Crippen LogP contribution in [0, 0.1) is 5.92 Å². The van der Waals surface area contributed by atoms with Gasteiger partial charge in [0.1, 0.15) is 0 Å². The molecule has 0 aromatic heterocycles. The van der Waals surface area contributed by atoms with Crippen molar-refractivity contribution in [3.63, 3.8) is 0 Å². The van der Waals surface area contributed by atoms with Crippen molar-refractivity contribution in [1.82, 2.24) is 0 Å². The SMILES string of the molecule is CCc1ccccc1Cc1ccc(C23CCC(F)(F)CC2C3)cc1. The normalized spacial score (nSPS) is 27.5. The fourth-order valence-corrected chi connectivity index (χ4v) is 4.57. The van der Waals surface area contributed by atoms with E-state index in [0.29, 0.717) is 6.42 Å². The van der Waals surface area contributed by atoms with Crippen molar-refractivity contribution < 1.29 is 8.78 Å². The van der Waals surface area contributed by atoms with Gasteiger partial charge >= 0.3 is 0 Å². The smallest absolute Gasteiger partial charge is 0.207 e. The minimum atomic E-state index is -2.44. The van der Waals surface area contributed by atoms with Crippen molar-refractivity contribution in [3.8, 4) is 0 Å². The molecule has 24 heavy (non-hydrogen) atoms. The molecule has 2 saturated carbocycles. The van der Waals surface area contributed by atoms with Crippen LogP contribution in [-0.2, 0) is 18.3 Å². The summed E-state index contributed by atoms with van der Waals surface area (Å²) in [5.41, 5.74) is 5.41. The number of rotatable bonds is 4. The van der Waals surface area contributed by atoms with E-state index in [-0.39, 0.29) is 24.2 Å². The van der Waals surface area contributed by atoms with E-state index >= 15 is 0 Å². The molecule has 2 aromatic rings. The highest BCUT2D eigenvalue weighted by atomic mass is 19.3. The van der Waals surface area contributed by atoms with Gasteiger partial charge in [-0.25, -0.2) is 8.78 Å². The number of hydrogen-bond donors (Lipinski definition) is 0. The van der Waals surface area contributed by atoms with Gasteiger partial charge in [0.15, 0.2) is 0 Å². The lowest BCUT2D eigenvalue weighted by atomic mass is 9.81. The summed E-state index contributed by atoms with van der Waals surface area (Å²) in [6.45, 7) is 2.19. The standard InChI is InChI=1S/C22H24F2/c1-2-17-5-3-4-6-18(17)13-16-7-9-19(10-8-16)21-11-12-22(23,24)15-20(21)14-21/h3-10,20H,2,11-15H2,1H3. The maximum atomic E-state index is 13.5. The number of alkyl halides is 2. The Kier molecular flexibility index (Phi) is 3.74. The van der Waals surface area contributed by atoms with Gasteiger partial charge in [-0.1, -0.05) is 55.5 Å². The van der Waals surface area contributed by atoms with Crippen LogP contribution in [0.2, 0.25) is 0 Å². The third-order valence-corrected chi connectivity index (χ3v) is 6.14. The van der Waals surface area contributed by atoms with Crippen molar-refractivity contribution in [2.24, 2.45) is 5.92 Å². The maximum Gasteiger partial charge on any atom is 0.248 e. The van der Waals surface area contributed by atoms with Crippen LogP contribution in [0.4, 0.5) is 8.78 Å². The molecule has 0 radical (unpaired) electrons. The molecule has 2 unspecified atom stereocenters. The van der Waals surface area contributed by atoms with E-state index in [1.54, 1.807) is 0 Å². The summed E-state index contributed by atoms with van der Waals surface area (Å²) in [5.74, 6) is -2.25. The molecule has 0 amide bonds. The van der Waals surface area contributed by atoms with Crippen LogP contribution in [0.5, 0.6) is 0 Å². The topological polar surface area (TPSA) is 0 Å². The molecule has 2 aromatic carbocycles. The molecule has 2 fully saturated rings. The Morgan fingerprint density at radius 1 is 0.917 bits per heavy atom. The maximum absolute atomic E-state index is 13.5. The average Bonchev–Trinajstić information content (AvgIpc) is 3.29. The van der Waals surface area contributed by atoms with Crippen LogP contribution in [-0.4, -0.2) is 5.92 Å². The molecule has 0 N–H and O–H groups in total. The first-order valence-electron chi connectivity index (χ1n) is 9.06. The molecule has 0 aliphatic heterocycles. The molecule has 0 heterocycles. The van der Waals surface area contributed by atoms with Crippen LogP contribution in [0.25, 0.3) is 0 Å². The van der Waals surface area contributed by atoms with Gasteiger partial charge in [-0.3, -0.25) is 0 Å². The van der Waals surface area contributed by atoms with E-state index in [0.717, 1.165) is 19.3 Å². The molecule has 4 rings (SSSR count). The highest BCUT2D eigenvalue weighted by Gasteiger charge is 2.61. The molecule has 0 bridgehead atoms. The Bertz CT molecular complexity index is 732. The fourth-order valence-electron chi connectivity index (χ4n) is 4.57. The molecule has 0 nitrogen and oxygen atoms in total. The van der Waals surface area contributed by atoms with Crippen LogP contribution in [0.3, 0.4) is 0 Å². The Morgan fingerprint density at radius 3 is 2.29 bits per heavy atom. The molecule has 126 valence electrons. The summed E-state index contributed by atoms with van der Waals surface area (Å²) < 4.78 is 27.1. The zero-order valence-corrected chi connectivity index (χ0v) is 14.2. The van der Waals surface area contributed by atoms with Gasteiger partial charge < -0.3 is 0 Å². The van der Waals surface area contributed by atoms with Crippen LogP contribution >= 0.6 is 0 Å². The number of fused-ring (bicyclic) bond motifs is 1. The monoisotopic (exact) mass is 326 g/mol. The van der Waals surface area contributed by atoms with Gasteiger partial charge in [0.05, 0.1) is 0 Å². The van der Waals surface area contributed by atoms with E-state index in [4.69, 9.17) is 0 Å². The van der Waals surface area contributed by atoms with Crippen molar-refractivity contribution in [1.29, 1.82) is 0 Å². The van der Waals surface area contributed by atoms with E-state index in [1.165, 1.54) is 22.3 Å². The third kappa shape index (κ3) is 2.76. The number of halogens is 2. The highest BCUT2D eigenvalue weighted by Crippen LogP contribution is 2.65. The van der Waals surface area contributed by atoms with Crippen molar-refractivity contribution >= 4 is 0 Å². The lowest BCUT2D eigenvalue weighted by molar-refractivity contribution is -0.0407. The minimum absolute atomic E-state index is 0.0507. The Balaban J connectivity index is 1.50. The van der Waals surface area contributed by atoms with Crippen LogP contribution < -0.4 is 0 Å². The Morgan fingerprint density at radius 2 is 1.62 bits per heavy atom. The molecular weight excluding hydrogens is 302 g/mol. The van der Waals surface area contributed by atoms with Gasteiger partial charge in [-0.2, -0.15) is 0 Å². The van der Waals surface area contributed by atoms with Crippen LogP contribution in [0.1, 0.15) is 54.9 Å². The second kappa shape index (κ2) is 5.68. The summed E-state index contributed by atoms with van der Waals surface area (Å²) in [4.78, 5) is 0. The Hall–Kier alpha value is -1.70. The van der Waals surface area contributed by atoms with Gasteiger partial charge in [0.2, 0.25) is 5.92 Å². The number of hydrogen-bond acceptors (Lipinski definition) is 0. The van der Waals surface area contributed by atoms with E-state index in [1.807, 2.05) is 0 Å². The second-order valence-corrected chi connectivity index (χ2v) is 7.61. The quantitative estimate of drug-likeness (QED) is 0.654. The van der Waals surface area contributed by atoms with E-state index in [9.17, 15) is 8.78 Å². The minimum Gasteiger partial charge on any atom is -0.207 e. The lowest BCUT2D eigenvalue weighted by Crippen LogP contribution is -2.28. The first-order chi connectivity index (χ1) is 11.5. The second-order valence-electron chi connectivity index (χ2n) is 7.61.